The molecule has 1 aromatic rings. The predicted molar refractivity (Wildman–Crippen MR) is 79.5 cm³/mol. The average Bonchev–Trinajstić information content (AvgIpc) is 2.40. The molecular weight excluding hydrogens is 220 g/mol. The molecule has 0 saturated carbocycles. The van der Waals surface area contributed by atoms with Crippen LogP contribution >= 0.6 is 0 Å². The van der Waals surface area contributed by atoms with Gasteiger partial charge in [0, 0.05) is 6.04 Å². The molecule has 0 aliphatic rings. The van der Waals surface area contributed by atoms with Crippen LogP contribution in [0, 0.1) is 0 Å². The molecule has 0 bridgehead atoms. The first kappa shape index (κ1) is 14.9. The molecule has 0 aliphatic carbocycles. The van der Waals surface area contributed by atoms with E-state index in [9.17, 15) is 0 Å². The molecule has 2 heteroatoms. The van der Waals surface area contributed by atoms with E-state index < -0.39 is 0 Å². The first-order valence-electron chi connectivity index (χ1n) is 6.84. The zero-order valence-corrected chi connectivity index (χ0v) is 11.5. The van der Waals surface area contributed by atoms with Gasteiger partial charge in [0.25, 0.3) is 0 Å². The highest BCUT2D eigenvalue weighted by atomic mass is 15.1. The van der Waals surface area contributed by atoms with Crippen LogP contribution in [-0.2, 0) is 0 Å². The summed E-state index contributed by atoms with van der Waals surface area (Å²) in [6.07, 6.45) is 6.49. The van der Waals surface area contributed by atoms with E-state index in [1.807, 2.05) is 12.1 Å². The van der Waals surface area contributed by atoms with Gasteiger partial charge in [-0.3, -0.25) is 0 Å². The van der Waals surface area contributed by atoms with E-state index in [0.29, 0.717) is 0 Å². The summed E-state index contributed by atoms with van der Waals surface area (Å²) in [5, 5.41) is 0. The molecule has 100 valence electrons. The normalized spacial score (nSPS) is 12.6. The minimum atomic E-state index is 0.174. The second-order valence-electron chi connectivity index (χ2n) is 4.89. The zero-order valence-electron chi connectivity index (χ0n) is 11.5. The number of unbranched alkanes of at least 4 members (excludes halogenated alkanes) is 1. The van der Waals surface area contributed by atoms with E-state index >= 15 is 0 Å². The maximum Gasteiger partial charge on any atom is 0.0295 e. The van der Waals surface area contributed by atoms with Crippen molar-refractivity contribution in [2.45, 2.75) is 31.7 Å². The smallest absolute Gasteiger partial charge is 0.0295 e. The molecule has 0 radical (unpaired) electrons. The molecule has 0 aliphatic heterocycles. The highest BCUT2D eigenvalue weighted by molar-refractivity contribution is 5.18. The van der Waals surface area contributed by atoms with Gasteiger partial charge in [-0.1, -0.05) is 36.4 Å². The van der Waals surface area contributed by atoms with E-state index in [2.05, 4.69) is 42.8 Å². The van der Waals surface area contributed by atoms with Gasteiger partial charge in [-0.2, -0.15) is 0 Å². The van der Waals surface area contributed by atoms with Crippen LogP contribution in [0.15, 0.2) is 43.0 Å². The number of rotatable bonds is 9. The van der Waals surface area contributed by atoms with Gasteiger partial charge in [-0.05, 0) is 51.4 Å². The molecule has 0 heterocycles. The van der Waals surface area contributed by atoms with Crippen LogP contribution in [0.25, 0.3) is 0 Å². The average molecular weight is 246 g/mol. The Morgan fingerprint density at radius 3 is 2.56 bits per heavy atom. The van der Waals surface area contributed by atoms with Crippen molar-refractivity contribution in [1.29, 1.82) is 0 Å². The van der Waals surface area contributed by atoms with Crippen molar-refractivity contribution in [2.24, 2.45) is 5.73 Å². The number of nitrogens with zero attached hydrogens (tertiary/aromatic N) is 1. The molecule has 0 spiro atoms. The Hall–Kier alpha value is -1.12. The lowest BCUT2D eigenvalue weighted by molar-refractivity contribution is 0.318. The van der Waals surface area contributed by atoms with Crippen molar-refractivity contribution in [1.82, 2.24) is 4.90 Å². The van der Waals surface area contributed by atoms with Crippen molar-refractivity contribution in [3.05, 3.63) is 48.6 Å². The molecule has 1 unspecified atom stereocenters. The van der Waals surface area contributed by atoms with Gasteiger partial charge in [0.15, 0.2) is 0 Å². The third-order valence-electron chi connectivity index (χ3n) is 3.23. The number of hydrogen-bond acceptors (Lipinski definition) is 2. The Morgan fingerprint density at radius 1 is 1.22 bits per heavy atom. The fraction of sp³-hybridized carbons (Fsp3) is 0.500. The van der Waals surface area contributed by atoms with Crippen molar-refractivity contribution in [2.75, 3.05) is 20.1 Å². The molecule has 18 heavy (non-hydrogen) atoms. The highest BCUT2D eigenvalue weighted by Crippen LogP contribution is 2.15. The molecule has 0 fully saturated rings. The third kappa shape index (κ3) is 5.99. The van der Waals surface area contributed by atoms with Crippen molar-refractivity contribution < 1.29 is 0 Å². The molecule has 0 aromatic heterocycles. The first-order chi connectivity index (χ1) is 8.74. The highest BCUT2D eigenvalue weighted by Gasteiger charge is 2.05. The molecular formula is C16H26N2. The number of allylic oxidation sites excluding steroid dienone is 1. The monoisotopic (exact) mass is 246 g/mol. The summed E-state index contributed by atoms with van der Waals surface area (Å²) in [7, 11) is 2.18. The van der Waals surface area contributed by atoms with Gasteiger partial charge < -0.3 is 10.6 Å². The summed E-state index contributed by atoms with van der Waals surface area (Å²) in [4.78, 5) is 2.38. The topological polar surface area (TPSA) is 29.3 Å². The second kappa shape index (κ2) is 8.90. The molecule has 2 N–H and O–H groups in total. The molecule has 1 atom stereocenters. The van der Waals surface area contributed by atoms with Crippen LogP contribution in [0.4, 0.5) is 0 Å². The molecule has 1 aromatic carbocycles. The minimum absolute atomic E-state index is 0.174. The Morgan fingerprint density at radius 2 is 1.89 bits per heavy atom. The first-order valence-corrected chi connectivity index (χ1v) is 6.84. The van der Waals surface area contributed by atoms with Gasteiger partial charge in [-0.25, -0.2) is 0 Å². The molecule has 0 saturated heterocycles. The van der Waals surface area contributed by atoms with Crippen LogP contribution in [-0.4, -0.2) is 25.0 Å². The van der Waals surface area contributed by atoms with E-state index in [4.69, 9.17) is 5.73 Å². The Balaban J connectivity index is 2.15. The van der Waals surface area contributed by atoms with Crippen molar-refractivity contribution in [3.8, 4) is 0 Å². The second-order valence-corrected chi connectivity index (χ2v) is 4.89. The summed E-state index contributed by atoms with van der Waals surface area (Å²) in [5.41, 5.74) is 7.41. The molecule has 2 nitrogen and oxygen atoms in total. The predicted octanol–water partition coefficient (Wildman–Crippen LogP) is 3.36. The van der Waals surface area contributed by atoms with Crippen LogP contribution in [0.1, 0.15) is 37.3 Å². The summed E-state index contributed by atoms with van der Waals surface area (Å²) in [6.45, 7) is 6.01. The number of nitrogens with two attached hydrogens (primary N) is 1. The summed E-state index contributed by atoms with van der Waals surface area (Å²) < 4.78 is 0. The van der Waals surface area contributed by atoms with E-state index in [0.717, 1.165) is 32.4 Å². The van der Waals surface area contributed by atoms with Crippen molar-refractivity contribution >= 4 is 0 Å². The van der Waals surface area contributed by atoms with Crippen LogP contribution < -0.4 is 5.73 Å². The van der Waals surface area contributed by atoms with Gasteiger partial charge in [0.05, 0.1) is 0 Å². The Labute approximate surface area is 111 Å². The number of benzene rings is 1. The maximum atomic E-state index is 6.17. The standard InChI is InChI=1S/C16H26N2/c1-3-4-8-13-18(2)14-9-12-16(17)15-10-6-5-7-11-15/h3,5-7,10-11,16H,1,4,8-9,12-14,17H2,2H3. The fourth-order valence-electron chi connectivity index (χ4n) is 2.07. The van der Waals surface area contributed by atoms with E-state index in [1.165, 1.54) is 12.0 Å². The van der Waals surface area contributed by atoms with E-state index in [1.54, 1.807) is 0 Å². The third-order valence-corrected chi connectivity index (χ3v) is 3.23. The van der Waals surface area contributed by atoms with Gasteiger partial charge >= 0.3 is 0 Å². The fourth-order valence-corrected chi connectivity index (χ4v) is 2.07. The SMILES string of the molecule is C=CCCCN(C)CCCC(N)c1ccccc1. The summed E-state index contributed by atoms with van der Waals surface area (Å²) in [5.74, 6) is 0. The van der Waals surface area contributed by atoms with Gasteiger partial charge in [-0.15, -0.1) is 6.58 Å². The zero-order chi connectivity index (χ0) is 13.2. The molecule has 1 rings (SSSR count). The largest absolute Gasteiger partial charge is 0.324 e. The maximum absolute atomic E-state index is 6.17. The minimum Gasteiger partial charge on any atom is -0.324 e. The summed E-state index contributed by atoms with van der Waals surface area (Å²) in [6, 6.07) is 10.5. The lowest BCUT2D eigenvalue weighted by Crippen LogP contribution is -2.22. The summed E-state index contributed by atoms with van der Waals surface area (Å²) >= 11 is 0. The quantitative estimate of drug-likeness (QED) is 0.535. The van der Waals surface area contributed by atoms with Crippen LogP contribution in [0.2, 0.25) is 0 Å². The van der Waals surface area contributed by atoms with Crippen LogP contribution in [0.5, 0.6) is 0 Å². The van der Waals surface area contributed by atoms with Gasteiger partial charge in [0.1, 0.15) is 0 Å². The van der Waals surface area contributed by atoms with Crippen molar-refractivity contribution in [3.63, 3.8) is 0 Å². The van der Waals surface area contributed by atoms with Gasteiger partial charge in [0.2, 0.25) is 0 Å². The lowest BCUT2D eigenvalue weighted by atomic mass is 10.0. The Kier molecular flexibility index (Phi) is 7.38. The van der Waals surface area contributed by atoms with E-state index in [-0.39, 0.29) is 6.04 Å². The molecule has 0 amide bonds. The number of hydrogen-bond donors (Lipinski definition) is 1. The lowest BCUT2D eigenvalue weighted by Gasteiger charge is -2.18. The van der Waals surface area contributed by atoms with Crippen LogP contribution in [0.3, 0.4) is 0 Å². The Bertz CT molecular complexity index is 321.